The topological polar surface area (TPSA) is 35.5 Å². The molecule has 1 heterocycles. The van der Waals surface area contributed by atoms with E-state index in [4.69, 9.17) is 0 Å². The molecule has 0 saturated carbocycles. The van der Waals surface area contributed by atoms with E-state index in [1.54, 1.807) is 11.8 Å². The Bertz CT molecular complexity index is 911. The van der Waals surface area contributed by atoms with Crippen LogP contribution in [0.3, 0.4) is 0 Å². The summed E-state index contributed by atoms with van der Waals surface area (Å²) in [5.41, 5.74) is 5.85. The van der Waals surface area contributed by atoms with Crippen LogP contribution >= 0.6 is 11.8 Å². The van der Waals surface area contributed by atoms with Crippen molar-refractivity contribution in [1.29, 1.82) is 0 Å². The fourth-order valence-corrected chi connectivity index (χ4v) is 4.59. The van der Waals surface area contributed by atoms with Crippen LogP contribution in [-0.4, -0.2) is 24.3 Å². The maximum absolute atomic E-state index is 10.7. The number of aliphatic hydroxyl groups is 1. The number of aliphatic hydroxyl groups excluding tert-OH is 1. The monoisotopic (exact) mass is 376 g/mol. The van der Waals surface area contributed by atoms with E-state index in [9.17, 15) is 5.11 Å². The van der Waals surface area contributed by atoms with E-state index in [1.165, 1.54) is 20.9 Å². The number of β-amino-alcohol motifs (C(OH)–C–C–N with tert-alkyl or cyclic N) is 1. The number of hydrogen-bond donors (Lipinski definition) is 2. The van der Waals surface area contributed by atoms with Crippen molar-refractivity contribution in [3.63, 3.8) is 0 Å². The minimum atomic E-state index is -0.491. The van der Waals surface area contributed by atoms with Gasteiger partial charge in [0, 0.05) is 22.0 Å². The Morgan fingerprint density at radius 2 is 1.56 bits per heavy atom. The maximum atomic E-state index is 10.7. The lowest BCUT2D eigenvalue weighted by Crippen LogP contribution is -2.34. The van der Waals surface area contributed by atoms with Crippen LogP contribution in [-0.2, 0) is 0 Å². The first-order valence-electron chi connectivity index (χ1n) is 9.24. The Kier molecular flexibility index (Phi) is 5.10. The summed E-state index contributed by atoms with van der Waals surface area (Å²) in [5.74, 6) is 0. The lowest BCUT2D eigenvalue weighted by atomic mass is 10.1. The second-order valence-corrected chi connectivity index (χ2v) is 8.08. The third kappa shape index (κ3) is 3.82. The van der Waals surface area contributed by atoms with Crippen LogP contribution in [0, 0.1) is 13.8 Å². The zero-order chi connectivity index (χ0) is 18.8. The molecule has 3 aromatic carbocycles. The van der Waals surface area contributed by atoms with Crippen LogP contribution in [0.25, 0.3) is 0 Å². The lowest BCUT2D eigenvalue weighted by molar-refractivity contribution is 0.195. The molecule has 0 aliphatic carbocycles. The van der Waals surface area contributed by atoms with Crippen LogP contribution in [0.2, 0.25) is 0 Å². The highest BCUT2D eigenvalue weighted by Gasteiger charge is 2.24. The van der Waals surface area contributed by atoms with Crippen molar-refractivity contribution in [1.82, 2.24) is 0 Å². The molecular weight excluding hydrogens is 352 g/mol. The average Bonchev–Trinajstić information content (AvgIpc) is 2.67. The van der Waals surface area contributed by atoms with Gasteiger partial charge in [0.15, 0.2) is 0 Å². The Morgan fingerprint density at radius 1 is 0.926 bits per heavy atom. The highest BCUT2D eigenvalue weighted by Crippen LogP contribution is 2.47. The van der Waals surface area contributed by atoms with Crippen LogP contribution in [0.1, 0.15) is 11.1 Å². The van der Waals surface area contributed by atoms with Crippen molar-refractivity contribution < 1.29 is 5.11 Å². The van der Waals surface area contributed by atoms with Gasteiger partial charge in [-0.05, 0) is 49.7 Å². The Hall–Kier alpha value is -2.43. The number of rotatable bonds is 5. The van der Waals surface area contributed by atoms with Gasteiger partial charge in [0.1, 0.15) is 0 Å². The molecule has 0 spiro atoms. The van der Waals surface area contributed by atoms with Gasteiger partial charge in [-0.3, -0.25) is 0 Å². The van der Waals surface area contributed by atoms with Gasteiger partial charge >= 0.3 is 0 Å². The molecule has 0 aromatic heterocycles. The Morgan fingerprint density at radius 3 is 2.19 bits per heavy atom. The van der Waals surface area contributed by atoms with E-state index in [0.717, 1.165) is 17.1 Å². The molecule has 3 aromatic rings. The molecule has 4 heteroatoms. The number of hydrogen-bond acceptors (Lipinski definition) is 4. The zero-order valence-corrected chi connectivity index (χ0v) is 16.5. The minimum Gasteiger partial charge on any atom is -0.389 e. The SMILES string of the molecule is Cc1ccc(NC[C@@H](O)CN2c3ccccc3Sc3ccccc32)c(C)c1. The highest BCUT2D eigenvalue weighted by molar-refractivity contribution is 7.99. The number of para-hydroxylation sites is 2. The molecule has 0 bridgehead atoms. The summed E-state index contributed by atoms with van der Waals surface area (Å²) in [6, 6.07) is 23.1. The number of nitrogens with one attached hydrogen (secondary N) is 1. The zero-order valence-electron chi connectivity index (χ0n) is 15.6. The van der Waals surface area contributed by atoms with Gasteiger partial charge in [0.2, 0.25) is 0 Å². The normalized spacial score (nSPS) is 13.7. The van der Waals surface area contributed by atoms with Gasteiger partial charge in [0.05, 0.1) is 24.0 Å². The summed E-state index contributed by atoms with van der Waals surface area (Å²) in [7, 11) is 0. The van der Waals surface area contributed by atoms with Crippen molar-refractivity contribution in [2.45, 2.75) is 29.7 Å². The predicted molar refractivity (Wildman–Crippen MR) is 114 cm³/mol. The van der Waals surface area contributed by atoms with E-state index in [1.807, 2.05) is 0 Å². The molecule has 1 atom stereocenters. The standard InChI is InChI=1S/C23H24N2OS/c1-16-11-12-19(17(2)13-16)24-14-18(26)15-25-20-7-3-5-9-22(20)27-23-10-6-4-8-21(23)25/h3-13,18,24,26H,14-15H2,1-2H3/t18-/m1/s1. The predicted octanol–water partition coefficient (Wildman–Crippen LogP) is 5.38. The number of fused-ring (bicyclic) bond motifs is 2. The second-order valence-electron chi connectivity index (χ2n) is 7.00. The number of aryl methyl sites for hydroxylation is 2. The molecule has 0 saturated heterocycles. The molecule has 1 aliphatic heterocycles. The van der Waals surface area contributed by atoms with Gasteiger partial charge in [-0.1, -0.05) is 53.7 Å². The Labute approximate surface area is 165 Å². The summed E-state index contributed by atoms with van der Waals surface area (Å²) in [6.45, 7) is 5.25. The molecule has 3 nitrogen and oxygen atoms in total. The van der Waals surface area contributed by atoms with Gasteiger partial charge in [-0.25, -0.2) is 0 Å². The van der Waals surface area contributed by atoms with E-state index >= 15 is 0 Å². The lowest BCUT2D eigenvalue weighted by Gasteiger charge is -2.34. The molecule has 0 fully saturated rings. The van der Waals surface area contributed by atoms with Gasteiger partial charge in [0.25, 0.3) is 0 Å². The van der Waals surface area contributed by atoms with Crippen LogP contribution in [0.5, 0.6) is 0 Å². The summed E-state index contributed by atoms with van der Waals surface area (Å²) < 4.78 is 0. The number of anilines is 3. The van der Waals surface area contributed by atoms with Crippen molar-refractivity contribution in [3.8, 4) is 0 Å². The third-order valence-electron chi connectivity index (χ3n) is 4.84. The molecule has 1 aliphatic rings. The van der Waals surface area contributed by atoms with Gasteiger partial charge in [-0.15, -0.1) is 0 Å². The molecule has 2 N–H and O–H groups in total. The van der Waals surface area contributed by atoms with Gasteiger partial charge < -0.3 is 15.3 Å². The molecule has 27 heavy (non-hydrogen) atoms. The van der Waals surface area contributed by atoms with Crippen molar-refractivity contribution in [2.75, 3.05) is 23.3 Å². The van der Waals surface area contributed by atoms with Gasteiger partial charge in [-0.2, -0.15) is 0 Å². The number of nitrogens with zero attached hydrogens (tertiary/aromatic N) is 1. The van der Waals surface area contributed by atoms with Crippen LogP contribution in [0.4, 0.5) is 17.1 Å². The number of benzene rings is 3. The first kappa shape index (κ1) is 18.0. The average molecular weight is 377 g/mol. The summed E-state index contributed by atoms with van der Waals surface area (Å²) in [5, 5.41) is 14.1. The fraction of sp³-hybridized carbons (Fsp3) is 0.217. The van der Waals surface area contributed by atoms with Crippen LogP contribution < -0.4 is 10.2 Å². The van der Waals surface area contributed by atoms with Crippen molar-refractivity contribution in [3.05, 3.63) is 77.9 Å². The first-order valence-corrected chi connectivity index (χ1v) is 10.1. The van der Waals surface area contributed by atoms with E-state index in [2.05, 4.69) is 90.8 Å². The smallest absolute Gasteiger partial charge is 0.0891 e. The third-order valence-corrected chi connectivity index (χ3v) is 5.97. The maximum Gasteiger partial charge on any atom is 0.0891 e. The molecular formula is C23H24N2OS. The Balaban J connectivity index is 1.52. The summed E-state index contributed by atoms with van der Waals surface area (Å²) in [6.07, 6.45) is -0.491. The molecule has 138 valence electrons. The van der Waals surface area contributed by atoms with E-state index < -0.39 is 6.10 Å². The molecule has 0 unspecified atom stereocenters. The fourth-order valence-electron chi connectivity index (χ4n) is 3.49. The van der Waals surface area contributed by atoms with Crippen molar-refractivity contribution in [2.24, 2.45) is 0 Å². The highest BCUT2D eigenvalue weighted by atomic mass is 32.2. The first-order chi connectivity index (χ1) is 13.1. The minimum absolute atomic E-state index is 0.491. The quantitative estimate of drug-likeness (QED) is 0.627. The summed E-state index contributed by atoms with van der Waals surface area (Å²) >= 11 is 1.79. The van der Waals surface area contributed by atoms with Crippen LogP contribution in [0.15, 0.2) is 76.5 Å². The summed E-state index contributed by atoms with van der Waals surface area (Å²) in [4.78, 5) is 4.69. The largest absolute Gasteiger partial charge is 0.389 e. The molecule has 0 radical (unpaired) electrons. The van der Waals surface area contributed by atoms with E-state index in [-0.39, 0.29) is 0 Å². The van der Waals surface area contributed by atoms with E-state index in [0.29, 0.717) is 13.1 Å². The second kappa shape index (κ2) is 7.67. The molecule has 0 amide bonds. The molecule has 4 rings (SSSR count). The van der Waals surface area contributed by atoms with Crippen molar-refractivity contribution >= 4 is 28.8 Å².